The summed E-state index contributed by atoms with van der Waals surface area (Å²) < 4.78 is 34.7. The maximum Gasteiger partial charge on any atom is 0.346 e. The second kappa shape index (κ2) is 4.72. The number of methoxy groups -OCH3 is 1. The van der Waals surface area contributed by atoms with Gasteiger partial charge in [0.05, 0.1) is 7.11 Å². The molecule has 0 aliphatic carbocycles. The molecule has 1 aromatic rings. The summed E-state index contributed by atoms with van der Waals surface area (Å²) in [7, 11) is 1.22. The molecule has 0 heterocycles. The Morgan fingerprint density at radius 1 is 1.33 bits per heavy atom. The predicted octanol–water partition coefficient (Wildman–Crippen LogP) is 1.91. The molecule has 0 spiro atoms. The minimum atomic E-state index is -1.02. The van der Waals surface area contributed by atoms with E-state index in [1.165, 1.54) is 20.1 Å². The maximum atomic E-state index is 12.7. The van der Waals surface area contributed by atoms with E-state index < -0.39 is 23.7 Å². The fraction of sp³-hybridized carbons (Fsp3) is 0.300. The Kier molecular flexibility index (Phi) is 3.60. The number of carbonyl (C=O) groups excluding carboxylic acids is 1. The van der Waals surface area contributed by atoms with Crippen molar-refractivity contribution < 1.29 is 23.0 Å². The molecule has 0 radical (unpaired) electrons. The van der Waals surface area contributed by atoms with E-state index in [0.29, 0.717) is 0 Å². The zero-order valence-corrected chi connectivity index (χ0v) is 8.29. The molecule has 0 amide bonds. The van der Waals surface area contributed by atoms with Crippen molar-refractivity contribution in [2.24, 2.45) is 0 Å². The Morgan fingerprint density at radius 3 is 2.53 bits per heavy atom. The largest absolute Gasteiger partial charge is 0.479 e. The van der Waals surface area contributed by atoms with Crippen LogP contribution >= 0.6 is 0 Å². The zero-order chi connectivity index (χ0) is 11.4. The summed E-state index contributed by atoms with van der Waals surface area (Å²) in [6.07, 6.45) is -0.861. The van der Waals surface area contributed by atoms with E-state index in [1.807, 2.05) is 0 Å². The molecule has 82 valence electrons. The van der Waals surface area contributed by atoms with Crippen molar-refractivity contribution in [3.63, 3.8) is 0 Å². The molecule has 0 saturated heterocycles. The summed E-state index contributed by atoms with van der Waals surface area (Å²) in [5.74, 6) is -2.50. The number of hydrogen-bond donors (Lipinski definition) is 0. The number of rotatable bonds is 3. The number of hydrogen-bond acceptors (Lipinski definition) is 3. The quantitative estimate of drug-likeness (QED) is 0.724. The minimum Gasteiger partial charge on any atom is -0.479 e. The summed E-state index contributed by atoms with van der Waals surface area (Å²) in [5.41, 5.74) is 0. The van der Waals surface area contributed by atoms with Gasteiger partial charge in [0.15, 0.2) is 17.7 Å². The van der Waals surface area contributed by atoms with Crippen LogP contribution < -0.4 is 4.74 Å². The standard InChI is InChI=1S/C10H10F2O3/c1-6(10(13)14-2)15-7-3-4-8(11)9(12)5-7/h3-6H,1-2H3/t6-/m1/s1. The van der Waals surface area contributed by atoms with Gasteiger partial charge in [-0.1, -0.05) is 0 Å². The number of ether oxygens (including phenoxy) is 2. The van der Waals surface area contributed by atoms with Gasteiger partial charge in [0, 0.05) is 6.07 Å². The van der Waals surface area contributed by atoms with Gasteiger partial charge in [-0.15, -0.1) is 0 Å². The van der Waals surface area contributed by atoms with Gasteiger partial charge in [-0.05, 0) is 19.1 Å². The molecule has 0 aliphatic heterocycles. The topological polar surface area (TPSA) is 35.5 Å². The van der Waals surface area contributed by atoms with Crippen LogP contribution in [0.2, 0.25) is 0 Å². The smallest absolute Gasteiger partial charge is 0.346 e. The Labute approximate surface area is 85.6 Å². The molecule has 0 N–H and O–H groups in total. The van der Waals surface area contributed by atoms with Crippen molar-refractivity contribution in [3.8, 4) is 5.75 Å². The Hall–Kier alpha value is -1.65. The van der Waals surface area contributed by atoms with E-state index in [4.69, 9.17) is 4.74 Å². The third-order valence-electron chi connectivity index (χ3n) is 1.74. The first-order chi connectivity index (χ1) is 7.04. The van der Waals surface area contributed by atoms with Crippen LogP contribution in [0.25, 0.3) is 0 Å². The summed E-state index contributed by atoms with van der Waals surface area (Å²) in [6, 6.07) is 3.03. The molecular weight excluding hydrogens is 206 g/mol. The van der Waals surface area contributed by atoms with Crippen LogP contribution in [0.3, 0.4) is 0 Å². The van der Waals surface area contributed by atoms with Crippen LogP contribution in [-0.4, -0.2) is 19.2 Å². The summed E-state index contributed by atoms with van der Waals surface area (Å²) in [4.78, 5) is 11.0. The third kappa shape index (κ3) is 2.90. The first-order valence-corrected chi connectivity index (χ1v) is 4.24. The highest BCUT2D eigenvalue weighted by Gasteiger charge is 2.15. The van der Waals surface area contributed by atoms with Gasteiger partial charge in [0.1, 0.15) is 5.75 Å². The third-order valence-corrected chi connectivity index (χ3v) is 1.74. The van der Waals surface area contributed by atoms with E-state index in [0.717, 1.165) is 12.1 Å². The number of esters is 1. The van der Waals surface area contributed by atoms with Crippen LogP contribution in [0.1, 0.15) is 6.92 Å². The Morgan fingerprint density at radius 2 is 2.00 bits per heavy atom. The number of benzene rings is 1. The fourth-order valence-electron chi connectivity index (χ4n) is 0.968. The van der Waals surface area contributed by atoms with Crippen LogP contribution in [0.15, 0.2) is 18.2 Å². The lowest BCUT2D eigenvalue weighted by Crippen LogP contribution is -2.24. The molecule has 1 aromatic carbocycles. The van der Waals surface area contributed by atoms with Crippen molar-refractivity contribution >= 4 is 5.97 Å². The van der Waals surface area contributed by atoms with Crippen LogP contribution in [0.5, 0.6) is 5.75 Å². The Balaban J connectivity index is 2.73. The molecule has 5 heteroatoms. The first-order valence-electron chi connectivity index (χ1n) is 4.24. The number of carbonyl (C=O) groups is 1. The van der Waals surface area contributed by atoms with Gasteiger partial charge in [-0.2, -0.15) is 0 Å². The van der Waals surface area contributed by atoms with E-state index in [-0.39, 0.29) is 5.75 Å². The van der Waals surface area contributed by atoms with E-state index in [1.54, 1.807) is 0 Å². The first kappa shape index (κ1) is 11.4. The van der Waals surface area contributed by atoms with Crippen LogP contribution in [0.4, 0.5) is 8.78 Å². The van der Waals surface area contributed by atoms with Gasteiger partial charge in [0.25, 0.3) is 0 Å². The highest BCUT2D eigenvalue weighted by Crippen LogP contribution is 2.16. The van der Waals surface area contributed by atoms with Crippen molar-refractivity contribution in [1.29, 1.82) is 0 Å². The summed E-state index contributed by atoms with van der Waals surface area (Å²) in [6.45, 7) is 1.45. The summed E-state index contributed by atoms with van der Waals surface area (Å²) >= 11 is 0. The van der Waals surface area contributed by atoms with E-state index in [9.17, 15) is 13.6 Å². The van der Waals surface area contributed by atoms with Gasteiger partial charge in [0.2, 0.25) is 0 Å². The minimum absolute atomic E-state index is 0.0757. The molecule has 0 fully saturated rings. The zero-order valence-electron chi connectivity index (χ0n) is 8.29. The van der Waals surface area contributed by atoms with Gasteiger partial charge >= 0.3 is 5.97 Å². The lowest BCUT2D eigenvalue weighted by molar-refractivity contribution is -0.147. The average Bonchev–Trinajstić information content (AvgIpc) is 2.22. The molecule has 0 saturated carbocycles. The molecule has 0 aromatic heterocycles. The molecule has 0 aliphatic rings. The molecule has 0 bridgehead atoms. The molecule has 0 unspecified atom stereocenters. The fourth-order valence-corrected chi connectivity index (χ4v) is 0.968. The molecule has 1 atom stereocenters. The normalized spacial score (nSPS) is 12.0. The second-order valence-electron chi connectivity index (χ2n) is 2.86. The van der Waals surface area contributed by atoms with E-state index in [2.05, 4.69) is 4.74 Å². The highest BCUT2D eigenvalue weighted by atomic mass is 19.2. The van der Waals surface area contributed by atoms with Gasteiger partial charge in [-0.25, -0.2) is 13.6 Å². The predicted molar refractivity (Wildman–Crippen MR) is 48.5 cm³/mol. The lowest BCUT2D eigenvalue weighted by Gasteiger charge is -2.12. The monoisotopic (exact) mass is 216 g/mol. The van der Waals surface area contributed by atoms with Crippen molar-refractivity contribution in [2.45, 2.75) is 13.0 Å². The summed E-state index contributed by atoms with van der Waals surface area (Å²) in [5, 5.41) is 0. The Bertz CT molecular complexity index is 366. The van der Waals surface area contributed by atoms with Crippen molar-refractivity contribution in [1.82, 2.24) is 0 Å². The van der Waals surface area contributed by atoms with Gasteiger partial charge in [-0.3, -0.25) is 0 Å². The maximum absolute atomic E-state index is 12.7. The molecule has 15 heavy (non-hydrogen) atoms. The molecular formula is C10H10F2O3. The molecule has 3 nitrogen and oxygen atoms in total. The highest BCUT2D eigenvalue weighted by molar-refractivity contribution is 5.74. The van der Waals surface area contributed by atoms with Crippen molar-refractivity contribution in [3.05, 3.63) is 29.8 Å². The van der Waals surface area contributed by atoms with Gasteiger partial charge < -0.3 is 9.47 Å². The average molecular weight is 216 g/mol. The lowest BCUT2D eigenvalue weighted by atomic mass is 10.3. The van der Waals surface area contributed by atoms with Crippen LogP contribution in [0, 0.1) is 11.6 Å². The second-order valence-corrected chi connectivity index (χ2v) is 2.86. The number of halogens is 2. The van der Waals surface area contributed by atoms with E-state index >= 15 is 0 Å². The van der Waals surface area contributed by atoms with Crippen LogP contribution in [-0.2, 0) is 9.53 Å². The molecule has 1 rings (SSSR count). The SMILES string of the molecule is COC(=O)[C@@H](C)Oc1ccc(F)c(F)c1. The van der Waals surface area contributed by atoms with Crippen molar-refractivity contribution in [2.75, 3.05) is 7.11 Å².